The van der Waals surface area contributed by atoms with Gasteiger partial charge in [0.15, 0.2) is 0 Å². The van der Waals surface area contributed by atoms with Gasteiger partial charge in [-0.15, -0.1) is 0 Å². The number of piperazine rings is 1. The van der Waals surface area contributed by atoms with Crippen molar-refractivity contribution < 1.29 is 14.3 Å². The molecule has 0 radical (unpaired) electrons. The number of ether oxygens (including phenoxy) is 1. The lowest BCUT2D eigenvalue weighted by atomic mass is 9.83. The van der Waals surface area contributed by atoms with Gasteiger partial charge >= 0.3 is 0 Å². The second-order valence-corrected chi connectivity index (χ2v) is 5.59. The van der Waals surface area contributed by atoms with Crippen LogP contribution in [0.2, 0.25) is 0 Å². The van der Waals surface area contributed by atoms with Gasteiger partial charge in [0.25, 0.3) is 0 Å². The minimum atomic E-state index is -0.436. The van der Waals surface area contributed by atoms with Crippen molar-refractivity contribution >= 4 is 11.8 Å². The van der Waals surface area contributed by atoms with Gasteiger partial charge in [-0.25, -0.2) is 0 Å². The average Bonchev–Trinajstić information content (AvgIpc) is 2.19. The maximum absolute atomic E-state index is 12.0. The third-order valence-corrected chi connectivity index (χ3v) is 2.93. The normalized spacial score (nSPS) is 23.6. The summed E-state index contributed by atoms with van der Waals surface area (Å²) < 4.78 is 5.08. The Hall–Kier alpha value is -1.10. The summed E-state index contributed by atoms with van der Waals surface area (Å²) in [5, 5.41) is 2.64. The first-order chi connectivity index (χ1) is 7.79. The van der Waals surface area contributed by atoms with E-state index in [1.54, 1.807) is 12.0 Å². The lowest BCUT2D eigenvalue weighted by Gasteiger charge is -2.44. The molecule has 5 heteroatoms. The smallest absolute Gasteiger partial charge is 0.243 e. The van der Waals surface area contributed by atoms with Gasteiger partial charge in [0.05, 0.1) is 19.2 Å². The van der Waals surface area contributed by atoms with Crippen molar-refractivity contribution in [2.24, 2.45) is 5.41 Å². The summed E-state index contributed by atoms with van der Waals surface area (Å²) in [6.07, 6.45) is 0. The van der Waals surface area contributed by atoms with Crippen LogP contribution in [0.15, 0.2) is 0 Å². The van der Waals surface area contributed by atoms with Crippen LogP contribution in [0.5, 0.6) is 0 Å². The van der Waals surface area contributed by atoms with E-state index >= 15 is 0 Å². The first-order valence-corrected chi connectivity index (χ1v) is 5.87. The predicted molar refractivity (Wildman–Crippen MR) is 64.4 cm³/mol. The molecular formula is C12H22N2O3. The molecule has 0 aromatic heterocycles. The van der Waals surface area contributed by atoms with Gasteiger partial charge in [-0.05, 0) is 12.3 Å². The fourth-order valence-corrected chi connectivity index (χ4v) is 2.25. The molecule has 1 rings (SSSR count). The van der Waals surface area contributed by atoms with Crippen LogP contribution in [0.3, 0.4) is 0 Å². The summed E-state index contributed by atoms with van der Waals surface area (Å²) in [7, 11) is 1.59. The molecule has 1 N–H and O–H groups in total. The summed E-state index contributed by atoms with van der Waals surface area (Å²) >= 11 is 0. The molecular weight excluding hydrogens is 220 g/mol. The van der Waals surface area contributed by atoms with E-state index in [4.69, 9.17) is 4.74 Å². The maximum atomic E-state index is 12.0. The predicted octanol–water partition coefficient (Wildman–Crippen LogP) is 0.394. The van der Waals surface area contributed by atoms with Crippen LogP contribution in [-0.4, -0.2) is 49.1 Å². The first-order valence-electron chi connectivity index (χ1n) is 5.87. The Morgan fingerprint density at radius 2 is 2.06 bits per heavy atom. The topological polar surface area (TPSA) is 58.6 Å². The molecule has 17 heavy (non-hydrogen) atoms. The Bertz CT molecular complexity index is 309. The molecule has 0 aliphatic carbocycles. The minimum Gasteiger partial charge on any atom is -0.383 e. The van der Waals surface area contributed by atoms with E-state index in [0.29, 0.717) is 6.61 Å². The van der Waals surface area contributed by atoms with Gasteiger partial charge in [-0.3, -0.25) is 9.59 Å². The number of hydrogen-bond donors (Lipinski definition) is 1. The highest BCUT2D eigenvalue weighted by molar-refractivity contribution is 5.95. The van der Waals surface area contributed by atoms with E-state index in [0.717, 1.165) is 0 Å². The van der Waals surface area contributed by atoms with Crippen LogP contribution < -0.4 is 5.32 Å². The van der Waals surface area contributed by atoms with Crippen LogP contribution in [0.25, 0.3) is 0 Å². The summed E-state index contributed by atoms with van der Waals surface area (Å²) in [5.41, 5.74) is -0.290. The molecule has 2 unspecified atom stereocenters. The molecule has 5 nitrogen and oxygen atoms in total. The molecule has 2 amide bonds. The third kappa shape index (κ3) is 2.97. The minimum absolute atomic E-state index is 0.0472. The van der Waals surface area contributed by atoms with Crippen molar-refractivity contribution in [3.8, 4) is 0 Å². The van der Waals surface area contributed by atoms with E-state index in [-0.39, 0.29) is 29.8 Å². The fourth-order valence-electron chi connectivity index (χ4n) is 2.25. The number of nitrogens with one attached hydrogen (secondary N) is 1. The van der Waals surface area contributed by atoms with E-state index in [2.05, 4.69) is 5.32 Å². The van der Waals surface area contributed by atoms with Crippen molar-refractivity contribution in [1.82, 2.24) is 10.2 Å². The molecule has 98 valence electrons. The maximum Gasteiger partial charge on any atom is 0.243 e. The van der Waals surface area contributed by atoms with Gasteiger partial charge in [0.1, 0.15) is 6.04 Å². The zero-order valence-electron chi connectivity index (χ0n) is 11.2. The highest BCUT2D eigenvalue weighted by Gasteiger charge is 2.43. The second kappa shape index (κ2) is 5.04. The lowest BCUT2D eigenvalue weighted by molar-refractivity contribution is -0.154. The zero-order valence-corrected chi connectivity index (χ0v) is 11.2. The van der Waals surface area contributed by atoms with E-state index in [9.17, 15) is 9.59 Å². The van der Waals surface area contributed by atoms with Crippen LogP contribution in [0.1, 0.15) is 27.7 Å². The number of amides is 2. The molecule has 1 fully saturated rings. The SMILES string of the molecule is COCC(C)N1C(=O)CNC(=O)C1C(C)(C)C. The number of carbonyl (C=O) groups is 2. The zero-order chi connectivity index (χ0) is 13.2. The van der Waals surface area contributed by atoms with E-state index < -0.39 is 6.04 Å². The molecule has 1 saturated heterocycles. The quantitative estimate of drug-likeness (QED) is 0.779. The summed E-state index contributed by atoms with van der Waals surface area (Å²) in [6, 6.07) is -0.531. The molecule has 0 aromatic carbocycles. The Morgan fingerprint density at radius 3 is 2.53 bits per heavy atom. The van der Waals surface area contributed by atoms with Gasteiger partial charge in [-0.1, -0.05) is 20.8 Å². The van der Waals surface area contributed by atoms with Crippen LogP contribution in [0.4, 0.5) is 0 Å². The van der Waals surface area contributed by atoms with Crippen LogP contribution in [0, 0.1) is 5.41 Å². The number of hydrogen-bond acceptors (Lipinski definition) is 3. The molecule has 0 aromatic rings. The van der Waals surface area contributed by atoms with Crippen LogP contribution >= 0.6 is 0 Å². The van der Waals surface area contributed by atoms with Gasteiger partial charge in [0.2, 0.25) is 11.8 Å². The Balaban J connectivity index is 3.00. The highest BCUT2D eigenvalue weighted by Crippen LogP contribution is 2.28. The lowest BCUT2D eigenvalue weighted by Crippen LogP contribution is -2.65. The number of carbonyl (C=O) groups excluding carboxylic acids is 2. The fraction of sp³-hybridized carbons (Fsp3) is 0.833. The van der Waals surface area contributed by atoms with E-state index in [1.807, 2.05) is 27.7 Å². The summed E-state index contributed by atoms with van der Waals surface area (Å²) in [5.74, 6) is -0.130. The van der Waals surface area contributed by atoms with Crippen molar-refractivity contribution in [2.75, 3.05) is 20.3 Å². The van der Waals surface area contributed by atoms with Crippen molar-refractivity contribution in [1.29, 1.82) is 0 Å². The molecule has 2 atom stereocenters. The highest BCUT2D eigenvalue weighted by atomic mass is 16.5. The Kier molecular flexibility index (Phi) is 4.14. The molecule has 1 heterocycles. The average molecular weight is 242 g/mol. The third-order valence-electron chi connectivity index (χ3n) is 2.93. The second-order valence-electron chi connectivity index (χ2n) is 5.59. The number of methoxy groups -OCH3 is 1. The summed E-state index contributed by atoms with van der Waals surface area (Å²) in [4.78, 5) is 25.6. The molecule has 1 aliphatic heterocycles. The van der Waals surface area contributed by atoms with Crippen molar-refractivity contribution in [3.63, 3.8) is 0 Å². The van der Waals surface area contributed by atoms with Crippen molar-refractivity contribution in [2.45, 2.75) is 39.8 Å². The Labute approximate surface area is 102 Å². The molecule has 0 spiro atoms. The Morgan fingerprint density at radius 1 is 1.47 bits per heavy atom. The molecule has 0 bridgehead atoms. The standard InChI is InChI=1S/C12H22N2O3/c1-8(7-17-5)14-9(15)6-13-11(16)10(14)12(2,3)4/h8,10H,6-7H2,1-5H3,(H,13,16). The van der Waals surface area contributed by atoms with Gasteiger partial charge in [-0.2, -0.15) is 0 Å². The van der Waals surface area contributed by atoms with Gasteiger partial charge < -0.3 is 15.0 Å². The largest absolute Gasteiger partial charge is 0.383 e. The molecule has 0 saturated carbocycles. The summed E-state index contributed by atoms with van der Waals surface area (Å²) in [6.45, 7) is 8.30. The monoisotopic (exact) mass is 242 g/mol. The number of rotatable bonds is 3. The van der Waals surface area contributed by atoms with Crippen molar-refractivity contribution in [3.05, 3.63) is 0 Å². The number of nitrogens with zero attached hydrogens (tertiary/aromatic N) is 1. The van der Waals surface area contributed by atoms with E-state index in [1.165, 1.54) is 0 Å². The molecule has 1 aliphatic rings. The van der Waals surface area contributed by atoms with Crippen LogP contribution in [-0.2, 0) is 14.3 Å². The van der Waals surface area contributed by atoms with Gasteiger partial charge in [0, 0.05) is 7.11 Å². The first kappa shape index (κ1) is 14.0.